The first kappa shape index (κ1) is 15.2. The summed E-state index contributed by atoms with van der Waals surface area (Å²) >= 11 is 0. The third kappa shape index (κ3) is 4.99. The molecular formula is C19H23NO. The minimum absolute atomic E-state index is 0.0990. The zero-order valence-corrected chi connectivity index (χ0v) is 12.8. The third-order valence-electron chi connectivity index (χ3n) is 3.44. The lowest BCUT2D eigenvalue weighted by Gasteiger charge is -2.18. The molecule has 110 valence electrons. The van der Waals surface area contributed by atoms with E-state index in [1.54, 1.807) is 0 Å². The van der Waals surface area contributed by atoms with E-state index < -0.39 is 0 Å². The molecule has 0 unspecified atom stereocenters. The molecule has 1 N–H and O–H groups in total. The van der Waals surface area contributed by atoms with Crippen LogP contribution < -0.4 is 5.32 Å². The first-order valence-corrected chi connectivity index (χ1v) is 7.33. The molecule has 2 aromatic carbocycles. The normalized spacial score (nSPS) is 11.7. The van der Waals surface area contributed by atoms with E-state index in [0.717, 1.165) is 13.0 Å². The molecule has 2 nitrogen and oxygen atoms in total. The van der Waals surface area contributed by atoms with E-state index in [1.165, 1.54) is 16.7 Å². The van der Waals surface area contributed by atoms with Gasteiger partial charge in [0.1, 0.15) is 6.10 Å². The molecule has 0 amide bonds. The molecule has 0 saturated heterocycles. The lowest BCUT2D eigenvalue weighted by Crippen LogP contribution is -2.20. The summed E-state index contributed by atoms with van der Waals surface area (Å²) in [5.41, 5.74) is 3.84. The topological polar surface area (TPSA) is 21.3 Å². The van der Waals surface area contributed by atoms with Crippen LogP contribution in [0, 0.1) is 6.92 Å². The van der Waals surface area contributed by atoms with Gasteiger partial charge in [-0.15, -0.1) is 0 Å². The van der Waals surface area contributed by atoms with Crippen molar-refractivity contribution in [3.05, 3.63) is 83.7 Å². The second kappa shape index (κ2) is 7.53. The van der Waals surface area contributed by atoms with Crippen molar-refractivity contribution in [1.29, 1.82) is 0 Å². The molecule has 0 aliphatic heterocycles. The summed E-state index contributed by atoms with van der Waals surface area (Å²) in [4.78, 5) is 0. The van der Waals surface area contributed by atoms with E-state index in [4.69, 9.17) is 4.74 Å². The molecule has 2 rings (SSSR count). The van der Waals surface area contributed by atoms with E-state index in [-0.39, 0.29) is 6.10 Å². The van der Waals surface area contributed by atoms with E-state index in [9.17, 15) is 0 Å². The zero-order chi connectivity index (χ0) is 15.1. The van der Waals surface area contributed by atoms with Gasteiger partial charge >= 0.3 is 0 Å². The molecule has 0 saturated carbocycles. The quantitative estimate of drug-likeness (QED) is 0.768. The molecule has 2 aromatic rings. The van der Waals surface area contributed by atoms with E-state index >= 15 is 0 Å². The summed E-state index contributed by atoms with van der Waals surface area (Å²) in [5.74, 6) is 0.625. The van der Waals surface area contributed by atoms with Crippen LogP contribution in [0.2, 0.25) is 0 Å². The van der Waals surface area contributed by atoms with Crippen molar-refractivity contribution >= 4 is 0 Å². The van der Waals surface area contributed by atoms with Crippen LogP contribution in [0.3, 0.4) is 0 Å². The van der Waals surface area contributed by atoms with Crippen LogP contribution in [0.15, 0.2) is 67.1 Å². The van der Waals surface area contributed by atoms with Crippen LogP contribution >= 0.6 is 0 Å². The summed E-state index contributed by atoms with van der Waals surface area (Å²) in [6.07, 6.45) is 0.987. The molecule has 0 heterocycles. The molecule has 2 heteroatoms. The second-order valence-electron chi connectivity index (χ2n) is 5.32. The Morgan fingerprint density at radius 3 is 2.48 bits per heavy atom. The number of nitrogens with one attached hydrogen (secondary N) is 1. The first-order chi connectivity index (χ1) is 10.1. The average Bonchev–Trinajstić information content (AvgIpc) is 2.48. The fraction of sp³-hybridized carbons (Fsp3) is 0.263. The van der Waals surface area contributed by atoms with Gasteiger partial charge in [0.05, 0.1) is 0 Å². The summed E-state index contributed by atoms with van der Waals surface area (Å²) in [6, 6.07) is 18.6. The molecule has 0 radical (unpaired) electrons. The molecule has 0 aromatic heterocycles. The fourth-order valence-electron chi connectivity index (χ4n) is 2.27. The predicted octanol–water partition coefficient (Wildman–Crippen LogP) is 4.20. The fourth-order valence-corrected chi connectivity index (χ4v) is 2.27. The summed E-state index contributed by atoms with van der Waals surface area (Å²) in [6.45, 7) is 8.87. The minimum atomic E-state index is 0.0990. The van der Waals surface area contributed by atoms with Crippen molar-refractivity contribution in [3.8, 4) is 0 Å². The Bertz CT molecular complexity index is 577. The number of rotatable bonds is 7. The van der Waals surface area contributed by atoms with E-state index in [2.05, 4.69) is 62.1 Å². The standard InChI is InChI=1S/C19H23NO/c1-15-9-7-8-12-19(15)13-16(2)21-17(3)20-14-18-10-5-4-6-11-18/h4-12,16,20H,3,13-14H2,1-2H3/t16-/m0/s1. The first-order valence-electron chi connectivity index (χ1n) is 7.33. The molecule has 0 aliphatic rings. The van der Waals surface area contributed by atoms with Crippen molar-refractivity contribution in [2.75, 3.05) is 0 Å². The highest BCUT2D eigenvalue weighted by atomic mass is 16.5. The van der Waals surface area contributed by atoms with Gasteiger partial charge in [0.2, 0.25) is 0 Å². The smallest absolute Gasteiger partial charge is 0.179 e. The van der Waals surface area contributed by atoms with Crippen molar-refractivity contribution < 1.29 is 4.74 Å². The van der Waals surface area contributed by atoms with Gasteiger partial charge in [-0.2, -0.15) is 0 Å². The van der Waals surface area contributed by atoms with Crippen molar-refractivity contribution in [2.45, 2.75) is 32.9 Å². The summed E-state index contributed by atoms with van der Waals surface area (Å²) in [7, 11) is 0. The summed E-state index contributed by atoms with van der Waals surface area (Å²) in [5, 5.41) is 3.21. The molecule has 0 aliphatic carbocycles. The van der Waals surface area contributed by atoms with Gasteiger partial charge in [-0.05, 0) is 37.1 Å². The molecule has 0 fully saturated rings. The van der Waals surface area contributed by atoms with Crippen LogP contribution in [0.5, 0.6) is 0 Å². The number of hydrogen-bond donors (Lipinski definition) is 1. The molecule has 21 heavy (non-hydrogen) atoms. The van der Waals surface area contributed by atoms with Gasteiger partial charge in [0.15, 0.2) is 5.88 Å². The van der Waals surface area contributed by atoms with Crippen molar-refractivity contribution in [2.24, 2.45) is 0 Å². The second-order valence-corrected chi connectivity index (χ2v) is 5.32. The molecule has 0 bridgehead atoms. The molecular weight excluding hydrogens is 258 g/mol. The van der Waals surface area contributed by atoms with Crippen molar-refractivity contribution in [1.82, 2.24) is 5.32 Å². The van der Waals surface area contributed by atoms with Crippen LogP contribution in [0.25, 0.3) is 0 Å². The minimum Gasteiger partial charge on any atom is -0.476 e. The Morgan fingerprint density at radius 2 is 1.76 bits per heavy atom. The maximum Gasteiger partial charge on any atom is 0.179 e. The highest BCUT2D eigenvalue weighted by Crippen LogP contribution is 2.12. The van der Waals surface area contributed by atoms with Crippen LogP contribution in [-0.4, -0.2) is 6.10 Å². The number of aryl methyl sites for hydroxylation is 1. The third-order valence-corrected chi connectivity index (χ3v) is 3.44. The van der Waals surface area contributed by atoms with Gasteiger partial charge in [0, 0.05) is 13.0 Å². The predicted molar refractivity (Wildman–Crippen MR) is 87.9 cm³/mol. The molecule has 1 atom stereocenters. The van der Waals surface area contributed by atoms with Crippen LogP contribution in [0.1, 0.15) is 23.6 Å². The number of ether oxygens (including phenoxy) is 1. The highest BCUT2D eigenvalue weighted by Gasteiger charge is 2.07. The van der Waals surface area contributed by atoms with Gasteiger partial charge in [-0.3, -0.25) is 0 Å². The highest BCUT2D eigenvalue weighted by molar-refractivity contribution is 5.26. The average molecular weight is 281 g/mol. The SMILES string of the molecule is C=C(NCc1ccccc1)O[C@@H](C)Cc1ccccc1C. The Morgan fingerprint density at radius 1 is 1.10 bits per heavy atom. The van der Waals surface area contributed by atoms with Gasteiger partial charge in [0.25, 0.3) is 0 Å². The Labute approximate surface area is 127 Å². The lowest BCUT2D eigenvalue weighted by atomic mass is 10.0. The zero-order valence-electron chi connectivity index (χ0n) is 12.8. The van der Waals surface area contributed by atoms with E-state index in [1.807, 2.05) is 18.2 Å². The maximum atomic E-state index is 5.83. The van der Waals surface area contributed by atoms with Crippen LogP contribution in [0.4, 0.5) is 0 Å². The van der Waals surface area contributed by atoms with Crippen LogP contribution in [-0.2, 0) is 17.7 Å². The van der Waals surface area contributed by atoms with Crippen molar-refractivity contribution in [3.63, 3.8) is 0 Å². The number of benzene rings is 2. The van der Waals surface area contributed by atoms with Gasteiger partial charge in [-0.1, -0.05) is 54.6 Å². The molecule has 0 spiro atoms. The maximum absolute atomic E-state index is 5.83. The monoisotopic (exact) mass is 281 g/mol. The number of hydrogen-bond acceptors (Lipinski definition) is 2. The van der Waals surface area contributed by atoms with Gasteiger partial charge < -0.3 is 10.1 Å². The Balaban J connectivity index is 1.78. The lowest BCUT2D eigenvalue weighted by molar-refractivity contribution is 0.116. The largest absolute Gasteiger partial charge is 0.476 e. The Kier molecular flexibility index (Phi) is 5.44. The van der Waals surface area contributed by atoms with Gasteiger partial charge in [-0.25, -0.2) is 0 Å². The van der Waals surface area contributed by atoms with E-state index in [0.29, 0.717) is 5.88 Å². The Hall–Kier alpha value is -2.22. The summed E-state index contributed by atoms with van der Waals surface area (Å²) < 4.78 is 5.83.